The lowest BCUT2D eigenvalue weighted by molar-refractivity contribution is -0.151. The Morgan fingerprint density at radius 2 is 1.28 bits per heavy atom. The van der Waals surface area contributed by atoms with E-state index < -0.39 is 40.1 Å². The second-order valence-electron chi connectivity index (χ2n) is 22.0. The fourth-order valence-corrected chi connectivity index (χ4v) is 22.4. The number of hydrogen-bond donors (Lipinski definition) is 0. The van der Waals surface area contributed by atoms with Crippen molar-refractivity contribution in [2.24, 2.45) is 10.9 Å². The fraction of sp³-hybridized carbons (Fsp3) is 0.417. The first-order valence-electron chi connectivity index (χ1n) is 26.0. The second kappa shape index (κ2) is 22.8. The molecule has 74 heavy (non-hydrogen) atoms. The molecule has 8 rings (SSSR count). The van der Waals surface area contributed by atoms with Crippen LogP contribution in [0.1, 0.15) is 123 Å². The summed E-state index contributed by atoms with van der Waals surface area (Å²) in [4.78, 5) is 43.9. The molecule has 4 heterocycles. The first-order valence-corrected chi connectivity index (χ1v) is 29.9. The van der Waals surface area contributed by atoms with E-state index in [-0.39, 0.29) is 71.3 Å². The maximum absolute atomic E-state index is 15.6. The molecule has 0 saturated heterocycles. The maximum atomic E-state index is 15.6. The minimum absolute atomic E-state index is 0.00571. The zero-order valence-corrected chi connectivity index (χ0v) is 46.7. The molecule has 2 aromatic heterocycles. The fourth-order valence-electron chi connectivity index (χ4n) is 11.4. The minimum Gasteiger partial charge on any atom is -0.470 e. The molecular formula is C60H73N3O9Si2. The van der Waals surface area contributed by atoms with Crippen molar-refractivity contribution < 1.29 is 41.8 Å². The molecule has 0 spiro atoms. The summed E-state index contributed by atoms with van der Waals surface area (Å²) in [5.41, 5.74) is -1.01. The highest BCUT2D eigenvalue weighted by Gasteiger charge is 2.58. The molecule has 0 amide bonds. The molecule has 4 aromatic carbocycles. The van der Waals surface area contributed by atoms with Crippen LogP contribution in [-0.4, -0.2) is 82.8 Å². The third-order valence-corrected chi connectivity index (χ3v) is 26.6. The third kappa shape index (κ3) is 11.0. The molecule has 6 atom stereocenters. The standard InChI is InChI=1S/C60H73N3O9Si2/c1-42-37-44(64)25-23-26-45(72-74(59(6,7)8,48-31-19-13-20-32-48)49-33-21-14-22-34-49)38-54(65)71-56(73(58(3,4)5,46-27-15-11-16-28-46)47-29-17-12-18-30-47)43(2)52(66-9)35-24-36-53-61-51(40-68-53)55-63-60(67-10,41-70-55)57-62-50(42)39-69-57/h11-22,24,27-34,36,39-40,42-43,45,52,56H,23,25-26,35,37-38,41H2,1-10H3/b36-24+/t42-,43+,45-,52-,56-,60?/m0/s1. The number of oxazole rings is 2. The van der Waals surface area contributed by atoms with Crippen molar-refractivity contribution in [3.63, 3.8) is 0 Å². The van der Waals surface area contributed by atoms with Gasteiger partial charge in [0.15, 0.2) is 13.8 Å². The monoisotopic (exact) mass is 1040 g/mol. The van der Waals surface area contributed by atoms with Crippen LogP contribution in [0.15, 0.2) is 154 Å². The summed E-state index contributed by atoms with van der Waals surface area (Å²) < 4.78 is 45.4. The number of esters is 1. The lowest BCUT2D eigenvalue weighted by atomic mass is 9.98. The number of nitrogens with zero attached hydrogens (tertiary/aromatic N) is 3. The van der Waals surface area contributed by atoms with Crippen LogP contribution >= 0.6 is 0 Å². The molecule has 6 bridgehead atoms. The number of Topliss-reactive ketones (excluding diaryl/α,β-unsaturated/α-hetero) is 1. The van der Waals surface area contributed by atoms with E-state index in [1.165, 1.54) is 13.4 Å². The summed E-state index contributed by atoms with van der Waals surface area (Å²) >= 11 is 0. The van der Waals surface area contributed by atoms with Crippen molar-refractivity contribution in [2.75, 3.05) is 20.8 Å². The van der Waals surface area contributed by atoms with Gasteiger partial charge in [-0.2, -0.15) is 0 Å². The van der Waals surface area contributed by atoms with Crippen LogP contribution in [0.4, 0.5) is 0 Å². The molecule has 12 nitrogen and oxygen atoms in total. The van der Waals surface area contributed by atoms with Crippen molar-refractivity contribution >= 4 is 60.9 Å². The van der Waals surface area contributed by atoms with Gasteiger partial charge in [-0.3, -0.25) is 9.59 Å². The SMILES string of the molecule is CO[C@H]1C/C=C/c2nc(co2)C2=NC(OC)(CO2)c2nc(co2)[C@@H](C)CC(=O)CCC[C@H](O[Si](c2ccccc2)(c2ccccc2)C(C)(C)C)CC(=O)O[C@@H]([Si](c2ccccc2)(c2ccccc2)C(C)(C)C)[C@@H]1C. The van der Waals surface area contributed by atoms with E-state index in [2.05, 4.69) is 146 Å². The van der Waals surface area contributed by atoms with Gasteiger partial charge in [0.25, 0.3) is 19.9 Å². The number of ether oxygens (including phenoxy) is 4. The van der Waals surface area contributed by atoms with Crippen molar-refractivity contribution in [1.29, 1.82) is 0 Å². The number of methoxy groups -OCH3 is 2. The molecule has 390 valence electrons. The molecule has 14 heteroatoms. The van der Waals surface area contributed by atoms with E-state index in [0.717, 1.165) is 20.7 Å². The number of ketones is 1. The van der Waals surface area contributed by atoms with E-state index in [9.17, 15) is 4.79 Å². The van der Waals surface area contributed by atoms with E-state index >= 15 is 4.79 Å². The van der Waals surface area contributed by atoms with E-state index in [4.69, 9.17) is 47.2 Å². The summed E-state index contributed by atoms with van der Waals surface area (Å²) in [6, 6.07) is 42.1. The normalized spacial score (nSPS) is 23.4. The van der Waals surface area contributed by atoms with Gasteiger partial charge in [-0.1, -0.05) is 183 Å². The van der Waals surface area contributed by atoms with E-state index in [1.54, 1.807) is 13.4 Å². The number of hydrogen-bond acceptors (Lipinski definition) is 12. The molecule has 1 unspecified atom stereocenters. The van der Waals surface area contributed by atoms with Crippen LogP contribution in [0.3, 0.4) is 0 Å². The summed E-state index contributed by atoms with van der Waals surface area (Å²) in [6.07, 6.45) is 7.66. The van der Waals surface area contributed by atoms with Gasteiger partial charge in [0, 0.05) is 38.9 Å². The van der Waals surface area contributed by atoms with Crippen LogP contribution in [-0.2, 0) is 38.7 Å². The predicted octanol–water partition coefficient (Wildman–Crippen LogP) is 10.1. The van der Waals surface area contributed by atoms with Crippen LogP contribution in [0.5, 0.6) is 0 Å². The molecule has 2 aliphatic rings. The highest BCUT2D eigenvalue weighted by Crippen LogP contribution is 2.44. The zero-order chi connectivity index (χ0) is 52.7. The Kier molecular flexibility index (Phi) is 16.7. The summed E-state index contributed by atoms with van der Waals surface area (Å²) in [7, 11) is -3.20. The van der Waals surface area contributed by atoms with Crippen LogP contribution in [0, 0.1) is 5.92 Å². The smallest absolute Gasteiger partial charge is 0.308 e. The van der Waals surface area contributed by atoms with Crippen molar-refractivity contribution in [2.45, 2.75) is 134 Å². The number of aliphatic imine (C=N–C) groups is 1. The maximum Gasteiger partial charge on any atom is 0.308 e. The second-order valence-corrected chi connectivity index (χ2v) is 31.1. The molecule has 0 N–H and O–H groups in total. The Bertz CT molecular complexity index is 2780. The molecular weight excluding hydrogens is 963 g/mol. The first-order chi connectivity index (χ1) is 35.5. The van der Waals surface area contributed by atoms with Crippen LogP contribution in [0.2, 0.25) is 10.1 Å². The van der Waals surface area contributed by atoms with E-state index in [0.29, 0.717) is 36.5 Å². The molecule has 2 aliphatic heterocycles. The van der Waals surface area contributed by atoms with Gasteiger partial charge < -0.3 is 32.2 Å². The first kappa shape index (κ1) is 54.2. The van der Waals surface area contributed by atoms with Gasteiger partial charge in [-0.25, -0.2) is 15.0 Å². The summed E-state index contributed by atoms with van der Waals surface area (Å²) in [5.74, 6) is -0.126. The summed E-state index contributed by atoms with van der Waals surface area (Å²) in [6.45, 7) is 17.6. The van der Waals surface area contributed by atoms with Gasteiger partial charge in [-0.05, 0) is 56.2 Å². The number of aromatic nitrogens is 2. The Hall–Kier alpha value is -6.04. The van der Waals surface area contributed by atoms with Gasteiger partial charge >= 0.3 is 5.97 Å². The highest BCUT2D eigenvalue weighted by atomic mass is 28.4. The molecule has 0 aliphatic carbocycles. The quantitative estimate of drug-likeness (QED) is 0.101. The molecule has 0 fully saturated rings. The van der Waals surface area contributed by atoms with Gasteiger partial charge in [0.05, 0.1) is 24.3 Å². The lowest BCUT2D eigenvalue weighted by Gasteiger charge is -2.51. The Labute approximate surface area is 439 Å². The highest BCUT2D eigenvalue weighted by molar-refractivity contribution is 7.05. The minimum atomic E-state index is -3.22. The lowest BCUT2D eigenvalue weighted by Crippen LogP contribution is -2.74. The van der Waals surface area contributed by atoms with Crippen molar-refractivity contribution in [3.8, 4) is 0 Å². The largest absolute Gasteiger partial charge is 0.470 e. The zero-order valence-electron chi connectivity index (χ0n) is 44.7. The van der Waals surface area contributed by atoms with Gasteiger partial charge in [-0.15, -0.1) is 0 Å². The molecule has 6 aromatic rings. The number of cyclic esters (lactones) is 1. The van der Waals surface area contributed by atoms with Crippen molar-refractivity contribution in [3.05, 3.63) is 163 Å². The van der Waals surface area contributed by atoms with Crippen LogP contribution in [0.25, 0.3) is 6.08 Å². The Morgan fingerprint density at radius 3 is 1.82 bits per heavy atom. The predicted molar refractivity (Wildman–Crippen MR) is 294 cm³/mol. The van der Waals surface area contributed by atoms with Crippen LogP contribution < -0.4 is 20.7 Å². The third-order valence-electron chi connectivity index (χ3n) is 15.1. The van der Waals surface area contributed by atoms with Gasteiger partial charge in [0.1, 0.15) is 30.6 Å². The number of benzene rings is 4. The number of carbonyl (C=O) groups excluding carboxylic acids is 2. The number of fused-ring (bicyclic) bond motifs is 7. The summed E-state index contributed by atoms with van der Waals surface area (Å²) in [5, 5.41) is 3.72. The molecule has 0 radical (unpaired) electrons. The topological polar surface area (TPSA) is 145 Å². The van der Waals surface area contributed by atoms with E-state index in [1.807, 2.05) is 43.3 Å². The van der Waals surface area contributed by atoms with Crippen molar-refractivity contribution in [1.82, 2.24) is 9.97 Å². The average molecular weight is 1040 g/mol. The average Bonchev–Trinajstić information content (AvgIpc) is 4.19. The molecule has 0 saturated carbocycles. The Morgan fingerprint density at radius 1 is 0.703 bits per heavy atom. The number of carbonyl (C=O) groups is 2. The number of rotatable bonds is 9. The van der Waals surface area contributed by atoms with Gasteiger partial charge in [0.2, 0.25) is 11.8 Å². The Balaban J connectivity index is 1.26.